The number of rotatable bonds is 8. The summed E-state index contributed by atoms with van der Waals surface area (Å²) in [6.45, 7) is 3.96. The van der Waals surface area contributed by atoms with Crippen molar-refractivity contribution in [3.05, 3.63) is 53.9 Å². The molecule has 1 aromatic carbocycles. The molecule has 1 aliphatic rings. The molecule has 0 aliphatic carbocycles. The number of nitrogens with zero attached hydrogens (tertiary/aromatic N) is 3. The molecule has 0 spiro atoms. The molecule has 1 unspecified atom stereocenters. The van der Waals surface area contributed by atoms with Gasteiger partial charge in [0, 0.05) is 32.0 Å². The van der Waals surface area contributed by atoms with Crippen molar-refractivity contribution >= 4 is 22.6 Å². The van der Waals surface area contributed by atoms with E-state index in [9.17, 15) is 9.90 Å². The van der Waals surface area contributed by atoms with E-state index in [1.54, 1.807) is 12.4 Å². The molecular weight excluding hydrogens is 394 g/mol. The van der Waals surface area contributed by atoms with E-state index in [0.717, 1.165) is 35.1 Å². The maximum Gasteiger partial charge on any atom is 0.255 e. The summed E-state index contributed by atoms with van der Waals surface area (Å²) in [4.78, 5) is 17.7. The van der Waals surface area contributed by atoms with E-state index in [4.69, 9.17) is 4.74 Å². The fraction of sp³-hybridized carbons (Fsp3) is 0.435. The normalized spacial score (nSPS) is 15.7. The van der Waals surface area contributed by atoms with Crippen molar-refractivity contribution in [2.75, 3.05) is 25.1 Å². The van der Waals surface area contributed by atoms with Crippen LogP contribution in [0.4, 0.5) is 5.69 Å². The van der Waals surface area contributed by atoms with Gasteiger partial charge in [0.15, 0.2) is 5.65 Å². The Bertz CT molecular complexity index is 1010. The Morgan fingerprint density at radius 2 is 2.03 bits per heavy atom. The number of pyridine rings is 1. The Labute approximate surface area is 181 Å². The second-order valence-electron chi connectivity index (χ2n) is 7.82. The summed E-state index contributed by atoms with van der Waals surface area (Å²) < 4.78 is 7.29. The van der Waals surface area contributed by atoms with Crippen molar-refractivity contribution in [1.29, 1.82) is 0 Å². The Hall–Kier alpha value is -2.97. The van der Waals surface area contributed by atoms with Gasteiger partial charge in [0.2, 0.25) is 0 Å². The largest absolute Gasteiger partial charge is 0.394 e. The minimum absolute atomic E-state index is 0.146. The molecule has 1 saturated heterocycles. The second-order valence-corrected chi connectivity index (χ2v) is 7.82. The highest BCUT2D eigenvalue weighted by atomic mass is 16.5. The van der Waals surface area contributed by atoms with Crippen molar-refractivity contribution in [1.82, 2.24) is 20.1 Å². The van der Waals surface area contributed by atoms with E-state index in [1.165, 1.54) is 0 Å². The molecule has 1 amide bonds. The summed E-state index contributed by atoms with van der Waals surface area (Å²) in [5.74, 6) is -0.261. The first-order chi connectivity index (χ1) is 15.2. The Kier molecular flexibility index (Phi) is 6.79. The van der Waals surface area contributed by atoms with Crippen LogP contribution >= 0.6 is 0 Å². The fourth-order valence-electron chi connectivity index (χ4n) is 3.95. The summed E-state index contributed by atoms with van der Waals surface area (Å²) in [5.41, 5.74) is 3.00. The van der Waals surface area contributed by atoms with Crippen LogP contribution in [0.15, 0.2) is 42.7 Å². The molecule has 3 aromatic rings. The van der Waals surface area contributed by atoms with Crippen LogP contribution in [0.3, 0.4) is 0 Å². The zero-order chi connectivity index (χ0) is 21.6. The van der Waals surface area contributed by atoms with Crippen molar-refractivity contribution < 1.29 is 14.6 Å². The number of nitrogens with one attached hydrogen (secondary N) is 2. The van der Waals surface area contributed by atoms with Gasteiger partial charge in [-0.15, -0.1) is 0 Å². The van der Waals surface area contributed by atoms with Gasteiger partial charge in [0.25, 0.3) is 5.91 Å². The van der Waals surface area contributed by atoms with Crippen molar-refractivity contribution in [2.24, 2.45) is 0 Å². The number of aliphatic hydroxyl groups is 1. The van der Waals surface area contributed by atoms with Gasteiger partial charge in [-0.05, 0) is 31.7 Å². The molecule has 3 N–H and O–H groups in total. The smallest absolute Gasteiger partial charge is 0.255 e. The van der Waals surface area contributed by atoms with Crippen LogP contribution in [0, 0.1) is 0 Å². The number of benzene rings is 1. The zero-order valence-corrected chi connectivity index (χ0v) is 17.8. The molecule has 8 nitrogen and oxygen atoms in total. The lowest BCUT2D eigenvalue weighted by molar-refractivity contribution is 0.0901. The Morgan fingerprint density at radius 3 is 2.74 bits per heavy atom. The van der Waals surface area contributed by atoms with E-state index in [-0.39, 0.29) is 24.6 Å². The summed E-state index contributed by atoms with van der Waals surface area (Å²) in [5, 5.41) is 21.6. The molecule has 1 atom stereocenters. The molecule has 1 aliphatic heterocycles. The van der Waals surface area contributed by atoms with Gasteiger partial charge in [0.1, 0.15) is 0 Å². The first-order valence-corrected chi connectivity index (χ1v) is 10.8. The third kappa shape index (κ3) is 4.86. The van der Waals surface area contributed by atoms with Gasteiger partial charge in [0.05, 0.1) is 35.5 Å². The predicted octanol–water partition coefficient (Wildman–Crippen LogP) is 2.38. The topological polar surface area (TPSA) is 101 Å². The molecule has 0 bridgehead atoms. The molecule has 0 saturated carbocycles. The number of hydrogen-bond donors (Lipinski definition) is 3. The summed E-state index contributed by atoms with van der Waals surface area (Å²) in [6, 6.07) is 9.64. The Balaban J connectivity index is 1.61. The molecule has 4 rings (SSSR count). The average Bonchev–Trinajstić information content (AvgIpc) is 3.24. The monoisotopic (exact) mass is 423 g/mol. The zero-order valence-electron chi connectivity index (χ0n) is 17.8. The lowest BCUT2D eigenvalue weighted by Gasteiger charge is -2.26. The predicted molar refractivity (Wildman–Crippen MR) is 119 cm³/mol. The quantitative estimate of drug-likeness (QED) is 0.514. The second kappa shape index (κ2) is 9.89. The van der Waals surface area contributed by atoms with E-state index in [1.807, 2.05) is 41.9 Å². The minimum atomic E-state index is -0.389. The molecule has 3 heterocycles. The maximum atomic E-state index is 13.2. The van der Waals surface area contributed by atoms with E-state index in [2.05, 4.69) is 20.7 Å². The van der Waals surface area contributed by atoms with Crippen molar-refractivity contribution in [2.45, 2.75) is 44.8 Å². The third-order valence-corrected chi connectivity index (χ3v) is 5.66. The Morgan fingerprint density at radius 1 is 1.26 bits per heavy atom. The molecule has 31 heavy (non-hydrogen) atoms. The molecule has 1 fully saturated rings. The standard InChI is InChI=1S/C23H29N5O3/c1-2-28-22-19(14-25-28)21(26-17-8-10-31-11-9-17)20(13-24-22)23(30)27-18(15-29)12-16-6-4-3-5-7-16/h3-7,13-14,17-18,29H,2,8-12,15H2,1H3,(H,24,26)(H,27,30). The van der Waals surface area contributed by atoms with Gasteiger partial charge in [-0.2, -0.15) is 5.10 Å². The SMILES string of the molecule is CCn1ncc2c(NC3CCOCC3)c(C(=O)NC(CO)Cc3ccccc3)cnc21. The van der Waals surface area contributed by atoms with Crippen molar-refractivity contribution in [3.63, 3.8) is 0 Å². The van der Waals surface area contributed by atoms with E-state index in [0.29, 0.717) is 31.7 Å². The number of aryl methyl sites for hydroxylation is 1. The van der Waals surface area contributed by atoms with Crippen LogP contribution in [0.5, 0.6) is 0 Å². The highest BCUT2D eigenvalue weighted by Gasteiger charge is 2.23. The average molecular weight is 424 g/mol. The lowest BCUT2D eigenvalue weighted by Crippen LogP contribution is -2.39. The first kappa shape index (κ1) is 21.3. The molecule has 164 valence electrons. The maximum absolute atomic E-state index is 13.2. The highest BCUT2D eigenvalue weighted by molar-refractivity contribution is 6.06. The summed E-state index contributed by atoms with van der Waals surface area (Å²) in [6.07, 6.45) is 5.66. The van der Waals surface area contributed by atoms with Gasteiger partial charge in [-0.25, -0.2) is 9.67 Å². The number of aliphatic hydroxyl groups excluding tert-OH is 1. The van der Waals surface area contributed by atoms with Crippen LogP contribution < -0.4 is 10.6 Å². The van der Waals surface area contributed by atoms with E-state index < -0.39 is 0 Å². The number of amides is 1. The van der Waals surface area contributed by atoms with Crippen LogP contribution in [0.1, 0.15) is 35.7 Å². The van der Waals surface area contributed by atoms with Gasteiger partial charge >= 0.3 is 0 Å². The summed E-state index contributed by atoms with van der Waals surface area (Å²) >= 11 is 0. The first-order valence-electron chi connectivity index (χ1n) is 10.8. The number of ether oxygens (including phenoxy) is 1. The molecule has 0 radical (unpaired) electrons. The van der Waals surface area contributed by atoms with Gasteiger partial charge in [-0.1, -0.05) is 30.3 Å². The van der Waals surface area contributed by atoms with Crippen LogP contribution in [0.25, 0.3) is 11.0 Å². The van der Waals surface area contributed by atoms with E-state index >= 15 is 0 Å². The summed E-state index contributed by atoms with van der Waals surface area (Å²) in [7, 11) is 0. The van der Waals surface area contributed by atoms with Crippen molar-refractivity contribution in [3.8, 4) is 0 Å². The number of hydrogen-bond acceptors (Lipinski definition) is 6. The number of aromatic nitrogens is 3. The number of carbonyl (C=O) groups is 1. The van der Waals surface area contributed by atoms with Gasteiger partial charge < -0.3 is 20.5 Å². The highest BCUT2D eigenvalue weighted by Crippen LogP contribution is 2.28. The fourth-order valence-corrected chi connectivity index (χ4v) is 3.95. The van der Waals surface area contributed by atoms with Crippen LogP contribution in [-0.2, 0) is 17.7 Å². The third-order valence-electron chi connectivity index (χ3n) is 5.66. The molecule has 2 aromatic heterocycles. The van der Waals surface area contributed by atoms with Gasteiger partial charge in [-0.3, -0.25) is 4.79 Å². The lowest BCUT2D eigenvalue weighted by atomic mass is 10.0. The minimum Gasteiger partial charge on any atom is -0.394 e. The van der Waals surface area contributed by atoms with Crippen LogP contribution in [0.2, 0.25) is 0 Å². The van der Waals surface area contributed by atoms with Crippen LogP contribution in [-0.4, -0.2) is 57.7 Å². The number of fused-ring (bicyclic) bond motifs is 1. The molecule has 8 heteroatoms. The number of anilines is 1. The number of carbonyl (C=O) groups excluding carboxylic acids is 1. The molecular formula is C23H29N5O3.